The number of carboxylic acids is 1. The first-order valence-corrected chi connectivity index (χ1v) is 12.2. The zero-order valence-corrected chi connectivity index (χ0v) is 20.3. The van der Waals surface area contributed by atoms with E-state index in [1.807, 2.05) is 0 Å². The first kappa shape index (κ1) is 27.2. The molecule has 1 aliphatic heterocycles. The molecule has 1 saturated carbocycles. The molecule has 2 aliphatic rings. The highest BCUT2D eigenvalue weighted by Gasteiger charge is 2.32. The van der Waals surface area contributed by atoms with E-state index < -0.39 is 41.3 Å². The van der Waals surface area contributed by atoms with Crippen molar-refractivity contribution in [3.05, 3.63) is 58.9 Å². The number of rotatable bonds is 5. The summed E-state index contributed by atoms with van der Waals surface area (Å²) in [5.74, 6) is -1.71. The molecule has 4 rings (SSSR count). The summed E-state index contributed by atoms with van der Waals surface area (Å²) in [4.78, 5) is 37.4. The van der Waals surface area contributed by atoms with Crippen LogP contribution in [0, 0.1) is 11.7 Å². The largest absolute Gasteiger partial charge is 0.481 e. The summed E-state index contributed by atoms with van der Waals surface area (Å²) in [7, 11) is 0. The molecule has 2 aromatic carbocycles. The normalized spacial score (nSPS) is 19.3. The van der Waals surface area contributed by atoms with Crippen LogP contribution in [0.3, 0.4) is 0 Å². The molecule has 0 radical (unpaired) electrons. The summed E-state index contributed by atoms with van der Waals surface area (Å²) in [6.45, 7) is 0.704. The van der Waals surface area contributed by atoms with Crippen LogP contribution >= 0.6 is 0 Å². The average molecular weight is 538 g/mol. The fraction of sp³-hybridized carbons (Fsp3) is 0.423. The van der Waals surface area contributed by atoms with Crippen molar-refractivity contribution in [2.24, 2.45) is 5.92 Å². The van der Waals surface area contributed by atoms with Crippen LogP contribution < -0.4 is 10.6 Å². The highest BCUT2D eigenvalue weighted by molar-refractivity contribution is 6.00. The van der Waals surface area contributed by atoms with Crippen molar-refractivity contribution in [2.75, 3.05) is 17.2 Å². The van der Waals surface area contributed by atoms with E-state index in [1.165, 1.54) is 0 Å². The molecule has 0 aromatic heterocycles. The number of nitrogens with one attached hydrogen (secondary N) is 2. The van der Waals surface area contributed by atoms with E-state index in [0.717, 1.165) is 11.1 Å². The fourth-order valence-electron chi connectivity index (χ4n) is 4.79. The van der Waals surface area contributed by atoms with Gasteiger partial charge in [0.1, 0.15) is 11.9 Å². The van der Waals surface area contributed by atoms with Gasteiger partial charge in [0.25, 0.3) is 0 Å². The van der Waals surface area contributed by atoms with E-state index >= 15 is 0 Å². The van der Waals surface area contributed by atoms with E-state index in [0.29, 0.717) is 69.1 Å². The maximum atomic E-state index is 13.9. The van der Waals surface area contributed by atoms with Crippen molar-refractivity contribution in [3.8, 4) is 0 Å². The molecule has 204 valence electrons. The number of urea groups is 1. The second-order valence-electron chi connectivity index (χ2n) is 9.55. The highest BCUT2D eigenvalue weighted by atomic mass is 19.4. The summed E-state index contributed by atoms with van der Waals surface area (Å²) in [5, 5.41) is 13.5. The van der Waals surface area contributed by atoms with Gasteiger partial charge in [0, 0.05) is 25.2 Å². The Morgan fingerprint density at radius 1 is 1.00 bits per heavy atom. The molecule has 3 N–H and O–H groups in total. The molecule has 8 nitrogen and oxygen atoms in total. The van der Waals surface area contributed by atoms with Crippen LogP contribution in [-0.4, -0.2) is 40.7 Å². The predicted molar refractivity (Wildman–Crippen MR) is 129 cm³/mol. The second kappa shape index (κ2) is 11.3. The third kappa shape index (κ3) is 6.93. The Balaban J connectivity index is 1.30. The van der Waals surface area contributed by atoms with Gasteiger partial charge in [0.15, 0.2) is 0 Å². The topological polar surface area (TPSA) is 108 Å². The standard InChI is InChI=1S/C26H27F4N3O5/c27-21-8-4-18(26(28,29)30)13-22(21)32-24(36)31-19-5-3-17-14-33(10-9-16(17)12-19)25(37)38-20-6-1-15(2-7-20)11-23(34)35/h3-5,8,12-13,15,20H,1-2,6-7,9-11,14H2,(H,34,35)(H2,31,32,36)/t15-,20-. The lowest BCUT2D eigenvalue weighted by Gasteiger charge is -2.32. The molecule has 12 heteroatoms. The smallest absolute Gasteiger partial charge is 0.416 e. The molecule has 0 saturated heterocycles. The van der Waals surface area contributed by atoms with E-state index in [2.05, 4.69) is 10.6 Å². The van der Waals surface area contributed by atoms with Crippen LogP contribution in [0.5, 0.6) is 0 Å². The molecular formula is C26H27F4N3O5. The first-order valence-electron chi connectivity index (χ1n) is 12.2. The summed E-state index contributed by atoms with van der Waals surface area (Å²) >= 11 is 0. The van der Waals surface area contributed by atoms with Gasteiger partial charge in [0.05, 0.1) is 11.3 Å². The molecule has 2 aromatic rings. The summed E-state index contributed by atoms with van der Waals surface area (Å²) < 4.78 is 58.2. The monoisotopic (exact) mass is 537 g/mol. The minimum absolute atomic E-state index is 0.110. The summed E-state index contributed by atoms with van der Waals surface area (Å²) in [6.07, 6.45) is -2.04. The minimum atomic E-state index is -4.68. The lowest BCUT2D eigenvalue weighted by Crippen LogP contribution is -2.39. The second-order valence-corrected chi connectivity index (χ2v) is 9.55. The van der Waals surface area contributed by atoms with Gasteiger partial charge in [-0.15, -0.1) is 0 Å². The number of alkyl halides is 3. The van der Waals surface area contributed by atoms with E-state index in [-0.39, 0.29) is 18.4 Å². The Bertz CT molecular complexity index is 1210. The number of anilines is 2. The summed E-state index contributed by atoms with van der Waals surface area (Å²) in [6, 6.07) is 5.86. The van der Waals surface area contributed by atoms with Crippen molar-refractivity contribution < 1.29 is 41.8 Å². The van der Waals surface area contributed by atoms with Crippen LogP contribution in [0.25, 0.3) is 0 Å². The van der Waals surface area contributed by atoms with Gasteiger partial charge in [0.2, 0.25) is 0 Å². The number of benzene rings is 2. The molecular weight excluding hydrogens is 510 g/mol. The zero-order chi connectivity index (χ0) is 27.4. The molecule has 0 bridgehead atoms. The van der Waals surface area contributed by atoms with Gasteiger partial charge in [-0.2, -0.15) is 13.2 Å². The van der Waals surface area contributed by atoms with Crippen LogP contribution in [0.2, 0.25) is 0 Å². The van der Waals surface area contributed by atoms with Gasteiger partial charge in [-0.3, -0.25) is 4.79 Å². The number of carbonyl (C=O) groups is 3. The number of nitrogens with zero attached hydrogens (tertiary/aromatic N) is 1. The number of aliphatic carboxylic acids is 1. The number of fused-ring (bicyclic) bond motifs is 1. The number of amides is 3. The van der Waals surface area contributed by atoms with Gasteiger partial charge < -0.3 is 25.4 Å². The van der Waals surface area contributed by atoms with Crippen molar-refractivity contribution in [3.63, 3.8) is 0 Å². The Hall–Kier alpha value is -3.83. The van der Waals surface area contributed by atoms with Gasteiger partial charge in [-0.1, -0.05) is 6.07 Å². The zero-order valence-electron chi connectivity index (χ0n) is 20.3. The van der Waals surface area contributed by atoms with E-state index in [4.69, 9.17) is 9.84 Å². The lowest BCUT2D eigenvalue weighted by molar-refractivity contribution is -0.139. The predicted octanol–water partition coefficient (Wildman–Crippen LogP) is 6.02. The van der Waals surface area contributed by atoms with Crippen molar-refractivity contribution in [2.45, 2.75) is 57.3 Å². The minimum Gasteiger partial charge on any atom is -0.481 e. The van der Waals surface area contributed by atoms with Crippen molar-refractivity contribution in [1.82, 2.24) is 4.90 Å². The SMILES string of the molecule is O=C(O)C[C@H]1CC[C@H](OC(=O)N2CCc3cc(NC(=O)Nc4cc(C(F)(F)F)ccc4F)ccc3C2)CC1. The van der Waals surface area contributed by atoms with Crippen molar-refractivity contribution >= 4 is 29.5 Å². The molecule has 1 aliphatic carbocycles. The first-order chi connectivity index (χ1) is 18.0. The van der Waals surface area contributed by atoms with E-state index in [9.17, 15) is 31.9 Å². The molecule has 0 spiro atoms. The average Bonchev–Trinajstić information content (AvgIpc) is 2.85. The van der Waals surface area contributed by atoms with Crippen LogP contribution in [-0.2, 0) is 28.7 Å². The highest BCUT2D eigenvalue weighted by Crippen LogP contribution is 2.32. The van der Waals surface area contributed by atoms with Crippen LogP contribution in [0.4, 0.5) is 38.5 Å². The third-order valence-electron chi connectivity index (χ3n) is 6.80. The number of hydrogen-bond acceptors (Lipinski definition) is 4. The number of carbonyl (C=O) groups excluding carboxylic acids is 2. The van der Waals surface area contributed by atoms with Gasteiger partial charge in [-0.05, 0) is 79.5 Å². The lowest BCUT2D eigenvalue weighted by atomic mass is 9.85. The number of hydrogen-bond donors (Lipinski definition) is 3. The molecule has 3 amide bonds. The Morgan fingerprint density at radius 3 is 2.42 bits per heavy atom. The van der Waals surface area contributed by atoms with E-state index in [1.54, 1.807) is 23.1 Å². The third-order valence-corrected chi connectivity index (χ3v) is 6.80. The Morgan fingerprint density at radius 2 is 1.74 bits per heavy atom. The Kier molecular flexibility index (Phi) is 8.08. The maximum Gasteiger partial charge on any atom is 0.416 e. The quantitative estimate of drug-likeness (QED) is 0.405. The molecule has 0 atom stereocenters. The molecule has 38 heavy (non-hydrogen) atoms. The van der Waals surface area contributed by atoms with Crippen molar-refractivity contribution in [1.29, 1.82) is 0 Å². The number of ether oxygens (including phenoxy) is 1. The maximum absolute atomic E-state index is 13.9. The fourth-order valence-corrected chi connectivity index (χ4v) is 4.79. The molecule has 1 fully saturated rings. The molecule has 0 unspecified atom stereocenters. The molecule has 1 heterocycles. The van der Waals surface area contributed by atoms with Crippen LogP contribution in [0.1, 0.15) is 48.8 Å². The van der Waals surface area contributed by atoms with Crippen LogP contribution in [0.15, 0.2) is 36.4 Å². The Labute approximate surface area is 216 Å². The number of halogens is 4. The van der Waals surface area contributed by atoms with Gasteiger partial charge >= 0.3 is 24.3 Å². The summed E-state index contributed by atoms with van der Waals surface area (Å²) in [5.41, 5.74) is 0.416. The van der Waals surface area contributed by atoms with Gasteiger partial charge in [-0.25, -0.2) is 14.0 Å². The number of carboxylic acid groups (broad SMARTS) is 1.